The third kappa shape index (κ3) is 1.96. The second-order valence-electron chi connectivity index (χ2n) is 4.74. The molecule has 2 rings (SSSR count). The summed E-state index contributed by atoms with van der Waals surface area (Å²) >= 11 is 0. The summed E-state index contributed by atoms with van der Waals surface area (Å²) in [6, 6.07) is 5.91. The SMILES string of the molecule is CN1CCC(C)(C(=O)Nc2ccccc2F)C1=O. The highest BCUT2D eigenvalue weighted by atomic mass is 19.1. The van der Waals surface area contributed by atoms with E-state index in [0.717, 1.165) is 0 Å². The molecule has 1 unspecified atom stereocenters. The second-order valence-corrected chi connectivity index (χ2v) is 4.74. The molecule has 18 heavy (non-hydrogen) atoms. The molecule has 1 atom stereocenters. The molecule has 4 nitrogen and oxygen atoms in total. The van der Waals surface area contributed by atoms with Crippen molar-refractivity contribution in [2.24, 2.45) is 5.41 Å². The van der Waals surface area contributed by atoms with Crippen molar-refractivity contribution in [3.8, 4) is 0 Å². The van der Waals surface area contributed by atoms with Crippen molar-refractivity contribution in [2.45, 2.75) is 13.3 Å². The van der Waals surface area contributed by atoms with Crippen LogP contribution in [0, 0.1) is 11.2 Å². The van der Waals surface area contributed by atoms with E-state index in [2.05, 4.69) is 5.32 Å². The third-order valence-electron chi connectivity index (χ3n) is 3.39. The Kier molecular flexibility index (Phi) is 3.07. The average Bonchev–Trinajstić information content (AvgIpc) is 2.61. The van der Waals surface area contributed by atoms with E-state index in [4.69, 9.17) is 0 Å². The second kappa shape index (κ2) is 4.40. The standard InChI is InChI=1S/C13H15FN2O2/c1-13(7-8-16(2)12(13)18)11(17)15-10-6-4-3-5-9(10)14/h3-6H,7-8H2,1-2H3,(H,15,17). The lowest BCUT2D eigenvalue weighted by Gasteiger charge is -2.21. The molecule has 1 aromatic carbocycles. The van der Waals surface area contributed by atoms with Gasteiger partial charge in [0, 0.05) is 13.6 Å². The van der Waals surface area contributed by atoms with Gasteiger partial charge in [0.1, 0.15) is 11.2 Å². The number of halogens is 1. The van der Waals surface area contributed by atoms with E-state index < -0.39 is 17.1 Å². The molecule has 1 N–H and O–H groups in total. The maximum Gasteiger partial charge on any atom is 0.239 e. The molecule has 1 fully saturated rings. The van der Waals surface area contributed by atoms with Crippen LogP contribution in [-0.2, 0) is 9.59 Å². The maximum atomic E-state index is 13.4. The Morgan fingerprint density at radius 3 is 2.67 bits per heavy atom. The Bertz CT molecular complexity index is 504. The zero-order valence-electron chi connectivity index (χ0n) is 10.4. The minimum atomic E-state index is -1.10. The zero-order valence-corrected chi connectivity index (χ0v) is 10.4. The van der Waals surface area contributed by atoms with Crippen LogP contribution in [0.25, 0.3) is 0 Å². The van der Waals surface area contributed by atoms with Gasteiger partial charge in [-0.2, -0.15) is 0 Å². The highest BCUT2D eigenvalue weighted by molar-refractivity contribution is 6.11. The normalized spacial score (nSPS) is 23.3. The lowest BCUT2D eigenvalue weighted by atomic mass is 9.87. The van der Waals surface area contributed by atoms with Gasteiger partial charge in [0.2, 0.25) is 11.8 Å². The van der Waals surface area contributed by atoms with Gasteiger partial charge in [0.05, 0.1) is 5.69 Å². The summed E-state index contributed by atoms with van der Waals surface area (Å²) in [6.07, 6.45) is 0.447. The molecular formula is C13H15FN2O2. The summed E-state index contributed by atoms with van der Waals surface area (Å²) in [4.78, 5) is 25.5. The number of benzene rings is 1. The first-order valence-corrected chi connectivity index (χ1v) is 5.77. The molecule has 1 aliphatic rings. The van der Waals surface area contributed by atoms with Gasteiger partial charge in [-0.1, -0.05) is 12.1 Å². The van der Waals surface area contributed by atoms with Crippen LogP contribution in [0.2, 0.25) is 0 Å². The van der Waals surface area contributed by atoms with Gasteiger partial charge in [-0.15, -0.1) is 0 Å². The third-order valence-corrected chi connectivity index (χ3v) is 3.39. The van der Waals surface area contributed by atoms with Crippen molar-refractivity contribution in [3.05, 3.63) is 30.1 Å². The van der Waals surface area contributed by atoms with Crippen molar-refractivity contribution >= 4 is 17.5 Å². The molecule has 5 heteroatoms. The van der Waals surface area contributed by atoms with Crippen LogP contribution < -0.4 is 5.32 Å². The zero-order chi connectivity index (χ0) is 13.3. The fourth-order valence-corrected chi connectivity index (χ4v) is 2.05. The van der Waals surface area contributed by atoms with Crippen molar-refractivity contribution < 1.29 is 14.0 Å². The number of amides is 2. The fourth-order valence-electron chi connectivity index (χ4n) is 2.05. The summed E-state index contributed by atoms with van der Waals surface area (Å²) in [5.41, 5.74) is -0.997. The minimum absolute atomic E-state index is 0.103. The highest BCUT2D eigenvalue weighted by Gasteiger charge is 2.47. The Morgan fingerprint density at radius 2 is 2.11 bits per heavy atom. The number of carbonyl (C=O) groups is 2. The van der Waals surface area contributed by atoms with Crippen LogP contribution >= 0.6 is 0 Å². The number of hydrogen-bond donors (Lipinski definition) is 1. The van der Waals surface area contributed by atoms with Gasteiger partial charge in [-0.25, -0.2) is 4.39 Å². The molecule has 1 aliphatic heterocycles. The minimum Gasteiger partial charge on any atom is -0.345 e. The Morgan fingerprint density at radius 1 is 1.44 bits per heavy atom. The van der Waals surface area contributed by atoms with Gasteiger partial charge < -0.3 is 10.2 Å². The van der Waals surface area contributed by atoms with Crippen LogP contribution in [0.1, 0.15) is 13.3 Å². The van der Waals surface area contributed by atoms with Crippen molar-refractivity contribution in [1.29, 1.82) is 0 Å². The molecule has 1 aromatic rings. The smallest absolute Gasteiger partial charge is 0.239 e. The summed E-state index contributed by atoms with van der Waals surface area (Å²) in [5.74, 6) is -1.19. The number of para-hydroxylation sites is 1. The largest absolute Gasteiger partial charge is 0.345 e. The van der Waals surface area contributed by atoms with Gasteiger partial charge in [-0.3, -0.25) is 9.59 Å². The van der Waals surface area contributed by atoms with Crippen LogP contribution in [0.15, 0.2) is 24.3 Å². The number of hydrogen-bond acceptors (Lipinski definition) is 2. The Hall–Kier alpha value is -1.91. The molecule has 0 bridgehead atoms. The monoisotopic (exact) mass is 250 g/mol. The molecule has 1 heterocycles. The van der Waals surface area contributed by atoms with E-state index in [1.54, 1.807) is 26.1 Å². The number of carbonyl (C=O) groups excluding carboxylic acids is 2. The predicted molar refractivity (Wildman–Crippen MR) is 65.4 cm³/mol. The molecule has 96 valence electrons. The average molecular weight is 250 g/mol. The van der Waals surface area contributed by atoms with Crippen molar-refractivity contribution in [3.63, 3.8) is 0 Å². The van der Waals surface area contributed by atoms with E-state index in [1.807, 2.05) is 0 Å². The number of rotatable bonds is 2. The van der Waals surface area contributed by atoms with Gasteiger partial charge in [-0.05, 0) is 25.5 Å². The first-order valence-electron chi connectivity index (χ1n) is 5.77. The van der Waals surface area contributed by atoms with E-state index in [1.165, 1.54) is 17.0 Å². The summed E-state index contributed by atoms with van der Waals surface area (Å²) in [6.45, 7) is 2.13. The fraction of sp³-hybridized carbons (Fsp3) is 0.385. The predicted octanol–water partition coefficient (Wildman–Crippen LogP) is 1.63. The van der Waals surface area contributed by atoms with Gasteiger partial charge in [0.15, 0.2) is 0 Å². The van der Waals surface area contributed by atoms with Crippen LogP contribution in [0.3, 0.4) is 0 Å². The molecule has 0 radical (unpaired) electrons. The van der Waals surface area contributed by atoms with E-state index in [9.17, 15) is 14.0 Å². The molecule has 2 amide bonds. The number of anilines is 1. The lowest BCUT2D eigenvalue weighted by molar-refractivity contribution is -0.141. The van der Waals surface area contributed by atoms with E-state index in [0.29, 0.717) is 13.0 Å². The van der Waals surface area contributed by atoms with Crippen LogP contribution in [0.5, 0.6) is 0 Å². The van der Waals surface area contributed by atoms with Gasteiger partial charge >= 0.3 is 0 Å². The lowest BCUT2D eigenvalue weighted by Crippen LogP contribution is -2.40. The molecule has 0 aromatic heterocycles. The number of nitrogens with one attached hydrogen (secondary N) is 1. The van der Waals surface area contributed by atoms with Crippen molar-refractivity contribution in [2.75, 3.05) is 18.9 Å². The Balaban J connectivity index is 2.19. The van der Waals surface area contributed by atoms with Gasteiger partial charge in [0.25, 0.3) is 0 Å². The first kappa shape index (κ1) is 12.5. The number of nitrogens with zero attached hydrogens (tertiary/aromatic N) is 1. The molecular weight excluding hydrogens is 235 g/mol. The molecule has 1 saturated heterocycles. The maximum absolute atomic E-state index is 13.4. The quantitative estimate of drug-likeness (QED) is 0.811. The van der Waals surface area contributed by atoms with Crippen molar-refractivity contribution in [1.82, 2.24) is 4.90 Å². The summed E-state index contributed by atoms with van der Waals surface area (Å²) in [7, 11) is 1.66. The van der Waals surface area contributed by atoms with Crippen LogP contribution in [0.4, 0.5) is 10.1 Å². The first-order chi connectivity index (χ1) is 8.45. The van der Waals surface area contributed by atoms with E-state index in [-0.39, 0.29) is 11.6 Å². The van der Waals surface area contributed by atoms with Crippen LogP contribution in [-0.4, -0.2) is 30.3 Å². The highest BCUT2D eigenvalue weighted by Crippen LogP contribution is 2.32. The number of likely N-dealkylation sites (tertiary alicyclic amines) is 1. The summed E-state index contributed by atoms with van der Waals surface area (Å²) in [5, 5.41) is 2.48. The van der Waals surface area contributed by atoms with E-state index >= 15 is 0 Å². The Labute approximate surface area is 105 Å². The molecule has 0 spiro atoms. The molecule has 0 aliphatic carbocycles. The molecule has 0 saturated carbocycles. The summed E-state index contributed by atoms with van der Waals surface area (Å²) < 4.78 is 13.4. The topological polar surface area (TPSA) is 49.4 Å².